The molecule has 0 radical (unpaired) electrons. The molecule has 0 spiro atoms. The highest BCUT2D eigenvalue weighted by Gasteiger charge is 2.49. The third-order valence-electron chi connectivity index (χ3n) is 7.61. The van der Waals surface area contributed by atoms with Crippen molar-refractivity contribution in [3.8, 4) is 26.6 Å². The topological polar surface area (TPSA) is 9.23 Å². The zero-order valence-corrected chi connectivity index (χ0v) is 24.0. The van der Waals surface area contributed by atoms with Gasteiger partial charge in [-0.2, -0.15) is 0 Å². The molecule has 0 aliphatic heterocycles. The van der Waals surface area contributed by atoms with Crippen molar-refractivity contribution in [1.29, 1.82) is 0 Å². The summed E-state index contributed by atoms with van der Waals surface area (Å²) in [4.78, 5) is 5.88. The average molecular weight is 515 g/mol. The van der Waals surface area contributed by atoms with E-state index in [4.69, 9.17) is 4.74 Å². The summed E-state index contributed by atoms with van der Waals surface area (Å²) in [5, 5.41) is 1.47. The van der Waals surface area contributed by atoms with E-state index in [9.17, 15) is 0 Å². The van der Waals surface area contributed by atoms with Crippen LogP contribution >= 0.6 is 22.7 Å². The summed E-state index contributed by atoms with van der Waals surface area (Å²) in [5.41, 5.74) is 7.35. The predicted octanol–water partition coefficient (Wildman–Crippen LogP) is 9.01. The molecule has 5 rings (SSSR count). The number of benzene rings is 2. The summed E-state index contributed by atoms with van der Waals surface area (Å²) in [6.45, 7) is 16.1. The minimum Gasteiger partial charge on any atom is -0.489 e. The summed E-state index contributed by atoms with van der Waals surface area (Å²) < 4.78 is 6.60. The van der Waals surface area contributed by atoms with Crippen LogP contribution < -0.4 is 9.92 Å². The van der Waals surface area contributed by atoms with Gasteiger partial charge in [-0.05, 0) is 60.8 Å². The van der Waals surface area contributed by atoms with Gasteiger partial charge < -0.3 is 4.74 Å². The molecule has 0 saturated heterocycles. The first-order valence-electron chi connectivity index (χ1n) is 12.6. The van der Waals surface area contributed by atoms with Crippen LogP contribution in [0.2, 0.25) is 12.1 Å². The van der Waals surface area contributed by atoms with Crippen molar-refractivity contribution in [2.45, 2.75) is 52.2 Å². The molecule has 0 N–H and O–H groups in total. The van der Waals surface area contributed by atoms with E-state index >= 15 is 0 Å². The third kappa shape index (κ3) is 3.96. The Morgan fingerprint density at radius 1 is 0.886 bits per heavy atom. The number of aryl methyl sites for hydroxylation is 3. The zero-order valence-electron chi connectivity index (χ0n) is 21.4. The second-order valence-electron chi connectivity index (χ2n) is 9.73. The Hall–Kier alpha value is -2.40. The van der Waals surface area contributed by atoms with Crippen molar-refractivity contribution in [2.24, 2.45) is 0 Å². The third-order valence-corrected chi connectivity index (χ3v) is 15.6. The lowest BCUT2D eigenvalue weighted by Gasteiger charge is -2.39. The number of rotatable bonds is 8. The lowest BCUT2D eigenvalue weighted by Crippen LogP contribution is -2.53. The SMILES string of the molecule is C=CCOc1c(-c2ccccc2)cc(C)cc1[Si](CC)(CC)C1c2cc(C)sc2-c2sc(C)cc21. The highest BCUT2D eigenvalue weighted by atomic mass is 32.1. The average Bonchev–Trinajstić information content (AvgIpc) is 3.50. The molecule has 0 unspecified atom stereocenters. The Bertz CT molecular complexity index is 1330. The number of ether oxygens (including phenoxy) is 1. The molecule has 0 amide bonds. The van der Waals surface area contributed by atoms with E-state index in [2.05, 4.69) is 95.8 Å². The molecule has 1 aliphatic rings. The molecule has 2 aromatic heterocycles. The fourth-order valence-electron chi connectivity index (χ4n) is 6.08. The Morgan fingerprint density at radius 3 is 2.03 bits per heavy atom. The lowest BCUT2D eigenvalue weighted by atomic mass is 10.0. The Kier molecular flexibility index (Phi) is 6.64. The maximum absolute atomic E-state index is 6.60. The van der Waals surface area contributed by atoms with E-state index in [0.29, 0.717) is 12.1 Å². The van der Waals surface area contributed by atoms with E-state index in [0.717, 1.165) is 5.75 Å². The minimum atomic E-state index is -2.10. The van der Waals surface area contributed by atoms with Gasteiger partial charge >= 0.3 is 0 Å². The smallest absolute Gasteiger partial charge is 0.126 e. The highest BCUT2D eigenvalue weighted by molar-refractivity contribution is 7.23. The van der Waals surface area contributed by atoms with Crippen molar-refractivity contribution in [3.63, 3.8) is 0 Å². The summed E-state index contributed by atoms with van der Waals surface area (Å²) in [7, 11) is -2.10. The van der Waals surface area contributed by atoms with Crippen molar-refractivity contribution < 1.29 is 4.74 Å². The normalized spacial score (nSPS) is 13.1. The van der Waals surface area contributed by atoms with Gasteiger partial charge in [0.2, 0.25) is 0 Å². The van der Waals surface area contributed by atoms with Gasteiger partial charge in [0.1, 0.15) is 20.4 Å². The fourth-order valence-corrected chi connectivity index (χ4v) is 13.8. The second kappa shape index (κ2) is 9.57. The van der Waals surface area contributed by atoms with Crippen LogP contribution in [0.3, 0.4) is 0 Å². The zero-order chi connectivity index (χ0) is 24.7. The quantitative estimate of drug-likeness (QED) is 0.168. The standard InChI is InChI=1S/C31H34OS2Si/c1-7-15-32-28-24(23-13-11-10-12-14-23)16-20(4)17-27(28)35(8-2,9-3)31-25-18-21(5)33-29(25)30-26(31)19-22(6)34-30/h7,10-14,16-19,31H,1,8-9,15H2,2-6H3. The van der Waals surface area contributed by atoms with Gasteiger partial charge in [0, 0.05) is 30.6 Å². The van der Waals surface area contributed by atoms with Crippen molar-refractivity contribution in [1.82, 2.24) is 0 Å². The van der Waals surface area contributed by atoms with E-state index in [-0.39, 0.29) is 0 Å². The van der Waals surface area contributed by atoms with Gasteiger partial charge in [-0.1, -0.05) is 80.6 Å². The fraction of sp³-hybridized carbons (Fsp3) is 0.290. The van der Waals surface area contributed by atoms with Gasteiger partial charge in [0.15, 0.2) is 0 Å². The second-order valence-corrected chi connectivity index (χ2v) is 17.1. The van der Waals surface area contributed by atoms with E-state index in [1.165, 1.54) is 53.5 Å². The van der Waals surface area contributed by atoms with Crippen molar-refractivity contribution >= 4 is 35.9 Å². The van der Waals surface area contributed by atoms with Crippen LogP contribution in [0, 0.1) is 20.8 Å². The minimum absolute atomic E-state index is 0.467. The molecule has 1 aliphatic carbocycles. The lowest BCUT2D eigenvalue weighted by molar-refractivity contribution is 0.367. The van der Waals surface area contributed by atoms with Crippen molar-refractivity contribution in [2.75, 3.05) is 6.61 Å². The van der Waals surface area contributed by atoms with E-state index in [1.54, 1.807) is 11.1 Å². The Morgan fingerprint density at radius 2 is 1.49 bits per heavy atom. The van der Waals surface area contributed by atoms with Gasteiger partial charge in [0.05, 0.1) is 0 Å². The molecule has 2 heterocycles. The molecule has 2 aromatic carbocycles. The van der Waals surface area contributed by atoms with Crippen LogP contribution in [0.25, 0.3) is 20.9 Å². The summed E-state index contributed by atoms with van der Waals surface area (Å²) in [5.74, 6) is 1.07. The predicted molar refractivity (Wildman–Crippen MR) is 158 cm³/mol. The maximum Gasteiger partial charge on any atom is 0.126 e. The first-order chi connectivity index (χ1) is 16.9. The highest BCUT2D eigenvalue weighted by Crippen LogP contribution is 2.57. The molecule has 4 aromatic rings. The van der Waals surface area contributed by atoms with Gasteiger partial charge in [-0.3, -0.25) is 0 Å². The summed E-state index contributed by atoms with van der Waals surface area (Å²) in [6, 6.07) is 22.8. The molecule has 0 saturated carbocycles. The van der Waals surface area contributed by atoms with Crippen LogP contribution in [0.4, 0.5) is 0 Å². The van der Waals surface area contributed by atoms with Gasteiger partial charge in [-0.15, -0.1) is 22.7 Å². The molecule has 0 bridgehead atoms. The van der Waals surface area contributed by atoms with Crippen molar-refractivity contribution in [3.05, 3.63) is 93.7 Å². The molecule has 4 heteroatoms. The van der Waals surface area contributed by atoms with E-state index < -0.39 is 8.07 Å². The monoisotopic (exact) mass is 514 g/mol. The van der Waals surface area contributed by atoms with Gasteiger partial charge in [-0.25, -0.2) is 0 Å². The molecular formula is C31H34OS2Si. The Labute approximate surface area is 219 Å². The maximum atomic E-state index is 6.60. The van der Waals surface area contributed by atoms with E-state index in [1.807, 2.05) is 28.7 Å². The van der Waals surface area contributed by atoms with Crippen LogP contribution in [-0.4, -0.2) is 14.7 Å². The van der Waals surface area contributed by atoms with Crippen LogP contribution in [0.5, 0.6) is 5.75 Å². The summed E-state index contributed by atoms with van der Waals surface area (Å²) >= 11 is 3.96. The van der Waals surface area contributed by atoms with Gasteiger partial charge in [0.25, 0.3) is 0 Å². The molecule has 0 atom stereocenters. The largest absolute Gasteiger partial charge is 0.489 e. The molecule has 0 fully saturated rings. The number of fused-ring (bicyclic) bond motifs is 3. The first-order valence-corrected chi connectivity index (χ1v) is 16.7. The summed E-state index contributed by atoms with van der Waals surface area (Å²) in [6.07, 6.45) is 1.87. The molecular weight excluding hydrogens is 481 g/mol. The van der Waals surface area contributed by atoms with Crippen LogP contribution in [-0.2, 0) is 0 Å². The number of hydrogen-bond donors (Lipinski definition) is 0. The molecule has 35 heavy (non-hydrogen) atoms. The van der Waals surface area contributed by atoms with Crippen LogP contribution in [0.15, 0.2) is 67.3 Å². The molecule has 180 valence electrons. The van der Waals surface area contributed by atoms with Crippen LogP contribution in [0.1, 0.15) is 45.8 Å². The Balaban J connectivity index is 1.81. The molecule has 1 nitrogen and oxygen atoms in total. The first kappa shape index (κ1) is 24.3. The number of hydrogen-bond acceptors (Lipinski definition) is 3. The number of thiophene rings is 2.